The molecule has 0 saturated carbocycles. The summed E-state index contributed by atoms with van der Waals surface area (Å²) in [5.41, 5.74) is 1.65. The highest BCUT2D eigenvalue weighted by Crippen LogP contribution is 2.32. The molecule has 2 rings (SSSR count). The Hall–Kier alpha value is -0.360. The van der Waals surface area contributed by atoms with Crippen molar-refractivity contribution in [2.24, 2.45) is 0 Å². The molecule has 19 heavy (non-hydrogen) atoms. The van der Waals surface area contributed by atoms with E-state index in [1.54, 1.807) is 12.1 Å². The molecule has 0 unspecified atom stereocenters. The van der Waals surface area contributed by atoms with Gasteiger partial charge in [-0.05, 0) is 62.5 Å². The molecular weight excluding hydrogens is 415 g/mol. The molecule has 0 fully saturated rings. The normalized spacial score (nSPS) is 10.5. The molecule has 1 aromatic carbocycles. The molecular formula is C13H9Br2ClO2S. The summed E-state index contributed by atoms with van der Waals surface area (Å²) in [7, 11) is 0. The predicted molar refractivity (Wildman–Crippen MR) is 85.7 cm³/mol. The van der Waals surface area contributed by atoms with Crippen molar-refractivity contribution >= 4 is 60.6 Å². The Balaban J connectivity index is 2.08. The van der Waals surface area contributed by atoms with Gasteiger partial charge in [0.05, 0.1) is 12.6 Å². The third kappa shape index (κ3) is 3.81. The number of hydrogen-bond acceptors (Lipinski definition) is 3. The number of halogens is 3. The van der Waals surface area contributed by atoms with Crippen LogP contribution in [0.2, 0.25) is 5.02 Å². The van der Waals surface area contributed by atoms with E-state index >= 15 is 0 Å². The molecule has 0 atom stereocenters. The van der Waals surface area contributed by atoms with E-state index < -0.39 is 0 Å². The van der Waals surface area contributed by atoms with Crippen molar-refractivity contribution in [3.8, 4) is 5.75 Å². The number of hydrogen-bond donors (Lipinski definition) is 0. The number of ketones is 1. The molecule has 0 aliphatic carbocycles. The van der Waals surface area contributed by atoms with Gasteiger partial charge in [-0.25, -0.2) is 0 Å². The van der Waals surface area contributed by atoms with Gasteiger partial charge >= 0.3 is 0 Å². The van der Waals surface area contributed by atoms with Gasteiger partial charge in [0, 0.05) is 5.56 Å². The summed E-state index contributed by atoms with van der Waals surface area (Å²) in [6, 6.07) is 7.24. The fraction of sp³-hybridized carbons (Fsp3) is 0.154. The lowest BCUT2D eigenvalue weighted by molar-refractivity contribution is 0.0921. The predicted octanol–water partition coefficient (Wildman–Crippen LogP) is 5.50. The van der Waals surface area contributed by atoms with Gasteiger partial charge in [-0.3, -0.25) is 4.79 Å². The standard InChI is InChI=1S/C13H9Br2ClO2S/c1-7-2-3-9(16)11(4-7)18-6-10(17)8-5-12(14)19-13(8)15/h2-5H,6H2,1H3. The van der Waals surface area contributed by atoms with Gasteiger partial charge in [0.25, 0.3) is 0 Å². The molecule has 0 aliphatic rings. The van der Waals surface area contributed by atoms with E-state index in [0.29, 0.717) is 16.3 Å². The van der Waals surface area contributed by atoms with Crippen molar-refractivity contribution in [1.82, 2.24) is 0 Å². The summed E-state index contributed by atoms with van der Waals surface area (Å²) in [6.45, 7) is 1.91. The molecule has 100 valence electrons. The molecule has 1 aromatic heterocycles. The average molecular weight is 425 g/mol. The Kier molecular flexibility index (Phi) is 5.06. The molecule has 6 heteroatoms. The number of benzene rings is 1. The van der Waals surface area contributed by atoms with Crippen LogP contribution in [0.5, 0.6) is 5.75 Å². The second-order valence-corrected chi connectivity index (χ2v) is 8.04. The van der Waals surface area contributed by atoms with Crippen molar-refractivity contribution in [1.29, 1.82) is 0 Å². The van der Waals surface area contributed by atoms with E-state index in [-0.39, 0.29) is 12.4 Å². The Labute approximate surface area is 137 Å². The smallest absolute Gasteiger partial charge is 0.202 e. The maximum absolute atomic E-state index is 12.0. The maximum atomic E-state index is 12.0. The monoisotopic (exact) mass is 422 g/mol. The number of Topliss-reactive ketones (excluding diaryl/α,β-unsaturated/α-hetero) is 1. The van der Waals surface area contributed by atoms with Crippen molar-refractivity contribution < 1.29 is 9.53 Å². The zero-order chi connectivity index (χ0) is 14.0. The van der Waals surface area contributed by atoms with Gasteiger partial charge in [0.15, 0.2) is 6.61 Å². The van der Waals surface area contributed by atoms with E-state index in [9.17, 15) is 4.79 Å². The molecule has 0 amide bonds. The molecule has 0 radical (unpaired) electrons. The second kappa shape index (κ2) is 6.39. The van der Waals surface area contributed by atoms with Gasteiger partial charge in [0.2, 0.25) is 5.78 Å². The minimum atomic E-state index is -0.0913. The quantitative estimate of drug-likeness (QED) is 0.606. The number of aryl methyl sites for hydroxylation is 1. The highest BCUT2D eigenvalue weighted by molar-refractivity contribution is 9.12. The number of carbonyl (C=O) groups is 1. The van der Waals surface area contributed by atoms with Crippen molar-refractivity contribution in [2.45, 2.75) is 6.92 Å². The summed E-state index contributed by atoms with van der Waals surface area (Å²) in [5.74, 6) is 0.437. The molecule has 0 spiro atoms. The minimum absolute atomic E-state index is 0.0368. The average Bonchev–Trinajstić information content (AvgIpc) is 2.69. The van der Waals surface area contributed by atoms with Crippen LogP contribution in [0.4, 0.5) is 0 Å². The first-order valence-electron chi connectivity index (χ1n) is 5.34. The Morgan fingerprint density at radius 1 is 1.37 bits per heavy atom. The van der Waals surface area contributed by atoms with Crippen molar-refractivity contribution in [2.75, 3.05) is 6.61 Å². The fourth-order valence-corrected chi connectivity index (χ4v) is 4.50. The molecule has 0 saturated heterocycles. The van der Waals surface area contributed by atoms with Crippen LogP contribution in [0, 0.1) is 6.92 Å². The van der Waals surface area contributed by atoms with Crippen LogP contribution in [0.1, 0.15) is 15.9 Å². The maximum Gasteiger partial charge on any atom is 0.202 e. The fourth-order valence-electron chi connectivity index (χ4n) is 1.47. The first-order valence-corrected chi connectivity index (χ1v) is 8.12. The summed E-state index contributed by atoms with van der Waals surface area (Å²) < 4.78 is 7.18. The van der Waals surface area contributed by atoms with Crippen LogP contribution in [-0.2, 0) is 0 Å². The molecule has 1 heterocycles. The lowest BCUT2D eigenvalue weighted by Gasteiger charge is -2.07. The van der Waals surface area contributed by atoms with Crippen LogP contribution in [0.15, 0.2) is 31.8 Å². The summed E-state index contributed by atoms with van der Waals surface area (Å²) >= 11 is 14.2. The highest BCUT2D eigenvalue weighted by Gasteiger charge is 2.15. The third-order valence-electron chi connectivity index (χ3n) is 2.40. The van der Waals surface area contributed by atoms with E-state index in [0.717, 1.165) is 13.1 Å². The van der Waals surface area contributed by atoms with E-state index in [4.69, 9.17) is 16.3 Å². The van der Waals surface area contributed by atoms with Gasteiger partial charge in [-0.2, -0.15) is 0 Å². The number of carbonyl (C=O) groups excluding carboxylic acids is 1. The van der Waals surface area contributed by atoms with E-state index in [1.165, 1.54) is 11.3 Å². The SMILES string of the molecule is Cc1ccc(Cl)c(OCC(=O)c2cc(Br)sc2Br)c1. The zero-order valence-electron chi connectivity index (χ0n) is 9.88. The lowest BCUT2D eigenvalue weighted by atomic mass is 10.2. The van der Waals surface area contributed by atoms with Gasteiger partial charge < -0.3 is 4.74 Å². The summed E-state index contributed by atoms with van der Waals surface area (Å²) in [6.07, 6.45) is 0. The Morgan fingerprint density at radius 3 is 2.74 bits per heavy atom. The highest BCUT2D eigenvalue weighted by atomic mass is 79.9. The zero-order valence-corrected chi connectivity index (χ0v) is 14.6. The summed E-state index contributed by atoms with van der Waals surface area (Å²) in [4.78, 5) is 12.0. The largest absolute Gasteiger partial charge is 0.484 e. The third-order valence-corrected chi connectivity index (χ3v) is 5.05. The number of ether oxygens (including phenoxy) is 1. The first-order chi connectivity index (χ1) is 8.97. The molecule has 0 bridgehead atoms. The van der Waals surface area contributed by atoms with Crippen molar-refractivity contribution in [3.63, 3.8) is 0 Å². The second-order valence-electron chi connectivity index (χ2n) is 3.88. The van der Waals surface area contributed by atoms with Crippen LogP contribution in [-0.4, -0.2) is 12.4 Å². The first kappa shape index (κ1) is 15.0. The van der Waals surface area contributed by atoms with Gasteiger partial charge in [-0.15, -0.1) is 11.3 Å². The van der Waals surface area contributed by atoms with Gasteiger partial charge in [-0.1, -0.05) is 17.7 Å². The Morgan fingerprint density at radius 2 is 2.11 bits per heavy atom. The van der Waals surface area contributed by atoms with Crippen LogP contribution in [0.25, 0.3) is 0 Å². The molecule has 2 nitrogen and oxygen atoms in total. The topological polar surface area (TPSA) is 26.3 Å². The molecule has 0 N–H and O–H groups in total. The Bertz CT molecular complexity index is 625. The lowest BCUT2D eigenvalue weighted by Crippen LogP contribution is -2.11. The van der Waals surface area contributed by atoms with Crippen molar-refractivity contribution in [3.05, 3.63) is 48.0 Å². The van der Waals surface area contributed by atoms with Crippen LogP contribution < -0.4 is 4.74 Å². The number of thiophene rings is 1. The van der Waals surface area contributed by atoms with E-state index in [1.807, 2.05) is 19.1 Å². The molecule has 0 aliphatic heterocycles. The van der Waals surface area contributed by atoms with Gasteiger partial charge in [0.1, 0.15) is 5.75 Å². The summed E-state index contributed by atoms with van der Waals surface area (Å²) in [5, 5.41) is 0.504. The minimum Gasteiger partial charge on any atom is -0.484 e. The number of rotatable bonds is 4. The van der Waals surface area contributed by atoms with E-state index in [2.05, 4.69) is 31.9 Å². The molecule has 2 aromatic rings. The van der Waals surface area contributed by atoms with Crippen LogP contribution in [0.3, 0.4) is 0 Å². The van der Waals surface area contributed by atoms with Crippen LogP contribution >= 0.6 is 54.8 Å².